The minimum Gasteiger partial charge on any atom is -0.474 e. The average Bonchev–Trinajstić information content (AvgIpc) is 2.87. The molecule has 0 spiro atoms. The van der Waals surface area contributed by atoms with Gasteiger partial charge in [0, 0.05) is 18.4 Å². The summed E-state index contributed by atoms with van der Waals surface area (Å²) in [4.78, 5) is 9.00. The summed E-state index contributed by atoms with van der Waals surface area (Å²) in [6.45, 7) is 15.1. The van der Waals surface area contributed by atoms with Gasteiger partial charge in [-0.3, -0.25) is 0 Å². The summed E-state index contributed by atoms with van der Waals surface area (Å²) >= 11 is 0. The molecular formula is C16H26N3OP. The lowest BCUT2D eigenvalue weighted by Crippen LogP contribution is -2.29. The molecule has 0 radical (unpaired) electrons. The van der Waals surface area contributed by atoms with Gasteiger partial charge in [-0.2, -0.15) is 0 Å². The lowest BCUT2D eigenvalue weighted by atomic mass is 10.2. The maximum Gasteiger partial charge on any atom is 0.235 e. The number of nitrogens with one attached hydrogen (secondary N) is 1. The number of ether oxygens (including phenoxy) is 1. The van der Waals surface area contributed by atoms with Crippen molar-refractivity contribution in [2.75, 3.05) is 18.2 Å². The molecule has 116 valence electrons. The Kier molecular flexibility index (Phi) is 4.57. The van der Waals surface area contributed by atoms with Gasteiger partial charge in [0.1, 0.15) is 18.1 Å². The zero-order valence-corrected chi connectivity index (χ0v) is 14.8. The molecule has 1 N–H and O–H groups in total. The van der Waals surface area contributed by atoms with Crippen LogP contribution in [0.1, 0.15) is 47.2 Å². The van der Waals surface area contributed by atoms with Gasteiger partial charge in [0.2, 0.25) is 5.90 Å². The predicted molar refractivity (Wildman–Crippen MR) is 91.6 cm³/mol. The van der Waals surface area contributed by atoms with Crippen LogP contribution in [-0.2, 0) is 4.74 Å². The Labute approximate surface area is 129 Å². The van der Waals surface area contributed by atoms with Gasteiger partial charge >= 0.3 is 0 Å². The molecule has 0 saturated carbocycles. The van der Waals surface area contributed by atoms with E-state index in [0.717, 1.165) is 18.1 Å². The number of anilines is 1. The number of nitrogens with zero attached hydrogens (tertiary/aromatic N) is 2. The van der Waals surface area contributed by atoms with Crippen molar-refractivity contribution in [3.8, 4) is 0 Å². The number of pyridine rings is 1. The number of hydrogen-bond acceptors (Lipinski definition) is 4. The molecule has 0 bridgehead atoms. The molecule has 4 nitrogen and oxygen atoms in total. The Morgan fingerprint density at radius 3 is 2.29 bits per heavy atom. The summed E-state index contributed by atoms with van der Waals surface area (Å²) < 4.78 is 5.50. The first-order valence-electron chi connectivity index (χ1n) is 7.39. The minimum atomic E-state index is -0.437. The van der Waals surface area contributed by atoms with Gasteiger partial charge in [0.15, 0.2) is 0 Å². The summed E-state index contributed by atoms with van der Waals surface area (Å²) in [7, 11) is -0.437. The van der Waals surface area contributed by atoms with Crippen LogP contribution in [0.2, 0.25) is 0 Å². The lowest BCUT2D eigenvalue weighted by Gasteiger charge is -2.41. The molecule has 0 amide bonds. The van der Waals surface area contributed by atoms with E-state index in [1.54, 1.807) is 0 Å². The van der Waals surface area contributed by atoms with Gasteiger partial charge in [-0.05, 0) is 12.1 Å². The monoisotopic (exact) mass is 307 g/mol. The average molecular weight is 307 g/mol. The zero-order chi connectivity index (χ0) is 15.7. The van der Waals surface area contributed by atoms with E-state index in [4.69, 9.17) is 4.74 Å². The van der Waals surface area contributed by atoms with Gasteiger partial charge in [-0.1, -0.05) is 47.6 Å². The second-order valence-corrected chi connectivity index (χ2v) is 10.8. The fourth-order valence-electron chi connectivity index (χ4n) is 2.56. The fourth-order valence-corrected chi connectivity index (χ4v) is 5.60. The second-order valence-electron chi connectivity index (χ2n) is 7.23. The molecule has 1 aromatic heterocycles. The molecule has 1 aliphatic heterocycles. The summed E-state index contributed by atoms with van der Waals surface area (Å²) in [5, 5.41) is 4.07. The molecular weight excluding hydrogens is 281 g/mol. The number of aliphatic imine (C=N–C) groups is 1. The van der Waals surface area contributed by atoms with Crippen molar-refractivity contribution in [1.82, 2.24) is 4.98 Å². The molecule has 0 aliphatic carbocycles. The highest BCUT2D eigenvalue weighted by molar-refractivity contribution is 7.62. The van der Waals surface area contributed by atoms with E-state index in [2.05, 4.69) is 56.6 Å². The van der Waals surface area contributed by atoms with Crippen LogP contribution in [-0.4, -0.2) is 34.3 Å². The van der Waals surface area contributed by atoms with Gasteiger partial charge in [0.05, 0.1) is 6.54 Å². The van der Waals surface area contributed by atoms with Gasteiger partial charge in [0.25, 0.3) is 0 Å². The molecule has 1 aromatic rings. The number of rotatable bonds is 3. The molecule has 2 heterocycles. The Bertz CT molecular complexity index is 515. The molecule has 0 unspecified atom stereocenters. The van der Waals surface area contributed by atoms with E-state index >= 15 is 0 Å². The first-order valence-corrected chi connectivity index (χ1v) is 8.74. The third-order valence-electron chi connectivity index (χ3n) is 3.12. The van der Waals surface area contributed by atoms with E-state index < -0.39 is 8.07 Å². The van der Waals surface area contributed by atoms with E-state index in [9.17, 15) is 0 Å². The van der Waals surface area contributed by atoms with E-state index in [1.807, 2.05) is 18.2 Å². The van der Waals surface area contributed by atoms with Crippen LogP contribution in [0.15, 0.2) is 23.2 Å². The van der Waals surface area contributed by atoms with Crippen molar-refractivity contribution in [2.24, 2.45) is 4.99 Å². The molecule has 0 aromatic carbocycles. The highest BCUT2D eigenvalue weighted by atomic mass is 31.1. The van der Waals surface area contributed by atoms with Crippen LogP contribution in [0.4, 0.5) is 5.82 Å². The molecule has 0 fully saturated rings. The molecule has 1 aliphatic rings. The smallest absolute Gasteiger partial charge is 0.235 e. The molecule has 2 rings (SSSR count). The minimum absolute atomic E-state index is 0.201. The van der Waals surface area contributed by atoms with Crippen LogP contribution >= 0.6 is 8.07 Å². The van der Waals surface area contributed by atoms with Crippen LogP contribution in [0.3, 0.4) is 0 Å². The summed E-state index contributed by atoms with van der Waals surface area (Å²) in [6, 6.07) is 5.98. The van der Waals surface area contributed by atoms with Gasteiger partial charge in [-0.15, -0.1) is 0 Å². The van der Waals surface area contributed by atoms with Gasteiger partial charge < -0.3 is 9.82 Å². The molecule has 0 saturated heterocycles. The van der Waals surface area contributed by atoms with Crippen LogP contribution in [0.25, 0.3) is 0 Å². The topological polar surface area (TPSA) is 46.5 Å². The standard InChI is InChI=1S/C16H26N3OP/c1-15(2,3)21(16(4,5)6)19-13-9-7-8-12(18-13)14-17-10-11-20-14/h7-9H,10-11H2,1-6H3,(H,18,19). The van der Waals surface area contributed by atoms with Crippen molar-refractivity contribution in [3.05, 3.63) is 23.9 Å². The quantitative estimate of drug-likeness (QED) is 0.849. The predicted octanol–water partition coefficient (Wildman–Crippen LogP) is 4.26. The van der Waals surface area contributed by atoms with Gasteiger partial charge in [-0.25, -0.2) is 9.98 Å². The molecule has 21 heavy (non-hydrogen) atoms. The van der Waals surface area contributed by atoms with Crippen molar-refractivity contribution < 1.29 is 4.74 Å². The number of hydrogen-bond donors (Lipinski definition) is 1. The Morgan fingerprint density at radius 2 is 1.76 bits per heavy atom. The lowest BCUT2D eigenvalue weighted by molar-refractivity contribution is 0.347. The first kappa shape index (κ1) is 16.2. The zero-order valence-electron chi connectivity index (χ0n) is 13.9. The van der Waals surface area contributed by atoms with Crippen molar-refractivity contribution >= 4 is 19.8 Å². The van der Waals surface area contributed by atoms with E-state index in [1.165, 1.54) is 0 Å². The highest BCUT2D eigenvalue weighted by Crippen LogP contribution is 2.58. The largest absolute Gasteiger partial charge is 0.474 e. The summed E-state index contributed by atoms with van der Waals surface area (Å²) in [5.74, 6) is 1.57. The molecule has 0 atom stereocenters. The van der Waals surface area contributed by atoms with Crippen molar-refractivity contribution in [3.63, 3.8) is 0 Å². The van der Waals surface area contributed by atoms with E-state index in [-0.39, 0.29) is 10.3 Å². The summed E-state index contributed by atoms with van der Waals surface area (Å²) in [5.41, 5.74) is 0.815. The third-order valence-corrected chi connectivity index (χ3v) is 6.26. The Balaban J connectivity index is 2.23. The normalized spacial score (nSPS) is 15.9. The molecule has 5 heteroatoms. The fraction of sp³-hybridized carbons (Fsp3) is 0.625. The first-order chi connectivity index (χ1) is 9.68. The second kappa shape index (κ2) is 5.92. The Morgan fingerprint density at radius 1 is 1.10 bits per heavy atom. The SMILES string of the molecule is CC(C)(C)P(Nc1cccc(C2=NCCO2)n1)C(C)(C)C. The highest BCUT2D eigenvalue weighted by Gasteiger charge is 2.35. The maximum atomic E-state index is 5.50. The summed E-state index contributed by atoms with van der Waals surface area (Å²) in [6.07, 6.45) is 0. The van der Waals surface area contributed by atoms with Crippen molar-refractivity contribution in [1.29, 1.82) is 0 Å². The van der Waals surface area contributed by atoms with E-state index in [0.29, 0.717) is 12.5 Å². The maximum absolute atomic E-state index is 5.50. The Hall–Kier alpha value is -1.15. The van der Waals surface area contributed by atoms with Crippen LogP contribution in [0, 0.1) is 0 Å². The van der Waals surface area contributed by atoms with Crippen LogP contribution in [0.5, 0.6) is 0 Å². The van der Waals surface area contributed by atoms with Crippen molar-refractivity contribution in [2.45, 2.75) is 51.9 Å². The van der Waals surface area contributed by atoms with Crippen LogP contribution < -0.4 is 5.09 Å². The third kappa shape index (κ3) is 4.16. The number of aromatic nitrogens is 1.